The van der Waals surface area contributed by atoms with E-state index in [-0.39, 0.29) is 5.91 Å². The van der Waals surface area contributed by atoms with E-state index in [1.165, 1.54) is 0 Å². The molecule has 0 saturated carbocycles. The van der Waals surface area contributed by atoms with Gasteiger partial charge in [-0.1, -0.05) is 47.5 Å². The number of rotatable bonds is 3. The van der Waals surface area contributed by atoms with E-state index in [1.54, 1.807) is 47.5 Å². The lowest BCUT2D eigenvalue weighted by Gasteiger charge is -2.45. The molecule has 2 heterocycles. The zero-order valence-corrected chi connectivity index (χ0v) is 16.4. The van der Waals surface area contributed by atoms with E-state index < -0.39 is 17.9 Å². The molecular formula is C20H17Cl2N3O3. The van der Waals surface area contributed by atoms with E-state index in [2.05, 4.69) is 5.18 Å². The second kappa shape index (κ2) is 7.62. The molecule has 28 heavy (non-hydrogen) atoms. The minimum absolute atomic E-state index is 0.219. The highest BCUT2D eigenvalue weighted by molar-refractivity contribution is 6.35. The summed E-state index contributed by atoms with van der Waals surface area (Å²) < 4.78 is 0. The van der Waals surface area contributed by atoms with Gasteiger partial charge in [0.2, 0.25) is 0 Å². The van der Waals surface area contributed by atoms with Gasteiger partial charge in [-0.15, -0.1) is 4.91 Å². The molecule has 2 aliphatic rings. The van der Waals surface area contributed by atoms with Gasteiger partial charge in [0.05, 0.1) is 12.0 Å². The minimum Gasteiger partial charge on any atom is -0.268 e. The maximum atomic E-state index is 13.4. The van der Waals surface area contributed by atoms with Gasteiger partial charge in [0.15, 0.2) is 0 Å². The quantitative estimate of drug-likeness (QED) is 0.685. The predicted molar refractivity (Wildman–Crippen MR) is 106 cm³/mol. The normalized spacial score (nSPS) is 22.2. The lowest BCUT2D eigenvalue weighted by Crippen LogP contribution is -2.52. The number of hydrogen-bond acceptors (Lipinski definition) is 4. The Morgan fingerprint density at radius 3 is 2.43 bits per heavy atom. The minimum atomic E-state index is -0.939. The highest BCUT2D eigenvalue weighted by Crippen LogP contribution is 2.46. The summed E-state index contributed by atoms with van der Waals surface area (Å²) >= 11 is 12.5. The van der Waals surface area contributed by atoms with Gasteiger partial charge in [-0.2, -0.15) is 0 Å². The van der Waals surface area contributed by atoms with Gasteiger partial charge in [-0.05, 0) is 42.2 Å². The molecule has 0 aliphatic carbocycles. The van der Waals surface area contributed by atoms with Gasteiger partial charge >= 0.3 is 0 Å². The Morgan fingerprint density at radius 2 is 1.75 bits per heavy atom. The number of fused-ring (bicyclic) bond motifs is 1. The van der Waals surface area contributed by atoms with Crippen molar-refractivity contribution in [2.45, 2.75) is 24.8 Å². The Labute approximate surface area is 172 Å². The zero-order valence-electron chi connectivity index (χ0n) is 14.8. The van der Waals surface area contributed by atoms with Crippen molar-refractivity contribution in [2.24, 2.45) is 5.18 Å². The molecule has 0 spiro atoms. The summed E-state index contributed by atoms with van der Waals surface area (Å²) in [7, 11) is 0. The first kappa shape index (κ1) is 19.1. The van der Waals surface area contributed by atoms with E-state index in [0.29, 0.717) is 39.8 Å². The van der Waals surface area contributed by atoms with Crippen molar-refractivity contribution in [3.63, 3.8) is 0 Å². The molecule has 8 heteroatoms. The van der Waals surface area contributed by atoms with E-state index in [9.17, 15) is 14.5 Å². The smallest absolute Gasteiger partial charge is 0.268 e. The molecule has 0 radical (unpaired) electrons. The van der Waals surface area contributed by atoms with Crippen LogP contribution in [0.25, 0.3) is 0 Å². The molecule has 2 aromatic rings. The number of carbonyl (C=O) groups is 2. The topological polar surface area (TPSA) is 70.0 Å². The van der Waals surface area contributed by atoms with Crippen LogP contribution in [-0.4, -0.2) is 34.9 Å². The summed E-state index contributed by atoms with van der Waals surface area (Å²) in [5.74, 6) is -1.99. The predicted octanol–water partition coefficient (Wildman–Crippen LogP) is 4.58. The molecule has 2 aromatic carbocycles. The van der Waals surface area contributed by atoms with E-state index >= 15 is 0 Å². The van der Waals surface area contributed by atoms with Crippen molar-refractivity contribution in [1.82, 2.24) is 10.0 Å². The van der Waals surface area contributed by atoms with Crippen LogP contribution in [0.2, 0.25) is 10.0 Å². The summed E-state index contributed by atoms with van der Waals surface area (Å²) in [5.41, 5.74) is 1.45. The molecule has 2 unspecified atom stereocenters. The average molecular weight is 418 g/mol. The fourth-order valence-corrected chi connectivity index (χ4v) is 4.64. The Balaban J connectivity index is 1.96. The fourth-order valence-electron chi connectivity index (χ4n) is 4.12. The van der Waals surface area contributed by atoms with E-state index in [0.717, 1.165) is 12.8 Å². The second-order valence-corrected chi connectivity index (χ2v) is 7.76. The van der Waals surface area contributed by atoms with Crippen molar-refractivity contribution >= 4 is 35.0 Å². The number of hydrogen-bond donors (Lipinski definition) is 0. The maximum absolute atomic E-state index is 13.4. The third kappa shape index (κ3) is 3.11. The lowest BCUT2D eigenvalue weighted by atomic mass is 9.80. The molecule has 0 aromatic heterocycles. The van der Waals surface area contributed by atoms with Crippen LogP contribution in [0.1, 0.15) is 46.3 Å². The van der Waals surface area contributed by atoms with Gasteiger partial charge in [0.1, 0.15) is 0 Å². The van der Waals surface area contributed by atoms with Crippen molar-refractivity contribution in [3.05, 3.63) is 74.1 Å². The highest BCUT2D eigenvalue weighted by Gasteiger charge is 2.47. The van der Waals surface area contributed by atoms with Crippen molar-refractivity contribution < 1.29 is 9.59 Å². The Bertz CT molecular complexity index is 959. The number of nitroso groups, excluding NO2 is 1. The van der Waals surface area contributed by atoms with Crippen molar-refractivity contribution in [1.29, 1.82) is 0 Å². The zero-order chi connectivity index (χ0) is 19.8. The molecule has 0 N–H and O–H groups in total. The summed E-state index contributed by atoms with van der Waals surface area (Å²) in [6, 6.07) is 11.0. The van der Waals surface area contributed by atoms with Crippen molar-refractivity contribution in [3.8, 4) is 0 Å². The first-order chi connectivity index (χ1) is 13.5. The molecule has 4 rings (SSSR count). The molecule has 144 valence electrons. The van der Waals surface area contributed by atoms with E-state index in [4.69, 9.17) is 23.2 Å². The average Bonchev–Trinajstić information content (AvgIpc) is 3.22. The van der Waals surface area contributed by atoms with Crippen LogP contribution < -0.4 is 0 Å². The van der Waals surface area contributed by atoms with Crippen LogP contribution in [0.3, 0.4) is 0 Å². The third-order valence-corrected chi connectivity index (χ3v) is 5.90. The third-order valence-electron chi connectivity index (χ3n) is 5.34. The number of carbonyl (C=O) groups excluding carboxylic acids is 2. The summed E-state index contributed by atoms with van der Waals surface area (Å²) in [6.45, 7) is 1.37. The highest BCUT2D eigenvalue weighted by atomic mass is 35.5. The molecule has 2 aliphatic heterocycles. The Kier molecular flexibility index (Phi) is 5.19. The molecule has 1 saturated heterocycles. The molecule has 1 fully saturated rings. The Morgan fingerprint density at radius 1 is 1.04 bits per heavy atom. The first-order valence-corrected chi connectivity index (χ1v) is 9.78. The van der Waals surface area contributed by atoms with Crippen LogP contribution in [-0.2, 0) is 4.79 Å². The van der Waals surface area contributed by atoms with Crippen LogP contribution >= 0.6 is 23.2 Å². The van der Waals surface area contributed by atoms with Gasteiger partial charge in [0, 0.05) is 33.9 Å². The van der Waals surface area contributed by atoms with Crippen LogP contribution in [0.5, 0.6) is 0 Å². The number of benzene rings is 2. The van der Waals surface area contributed by atoms with Gasteiger partial charge < -0.3 is 0 Å². The molecule has 6 nitrogen and oxygen atoms in total. The molecular weight excluding hydrogens is 401 g/mol. The monoisotopic (exact) mass is 417 g/mol. The summed E-state index contributed by atoms with van der Waals surface area (Å²) in [6.07, 6.45) is 1.88. The number of nitrogens with zero attached hydrogens (tertiary/aromatic N) is 3. The van der Waals surface area contributed by atoms with Gasteiger partial charge in [0.25, 0.3) is 11.8 Å². The maximum Gasteiger partial charge on any atom is 0.296 e. The molecule has 2 amide bonds. The fraction of sp³-hybridized carbons (Fsp3) is 0.300. The number of halogens is 2. The lowest BCUT2D eigenvalue weighted by molar-refractivity contribution is -0.123. The number of amides is 2. The van der Waals surface area contributed by atoms with Crippen LogP contribution in [0.4, 0.5) is 0 Å². The largest absolute Gasteiger partial charge is 0.296 e. The van der Waals surface area contributed by atoms with Crippen LogP contribution in [0.15, 0.2) is 47.6 Å². The first-order valence-electron chi connectivity index (χ1n) is 9.02. The number of hydrazine groups is 1. The summed E-state index contributed by atoms with van der Waals surface area (Å²) in [4.78, 5) is 37.3. The SMILES string of the molecule is O=NC(=O)C1c2ccccc2C(=O)N(N2CCCC2)C1c1ccc(Cl)cc1Cl. The standard InChI is InChI=1S/C20H17Cl2N3O3/c21-12-7-8-15(16(22)11-12)18-17(19(26)23-28)13-5-1-2-6-14(13)20(27)25(18)24-9-3-4-10-24/h1-2,5-8,11,17-18H,3-4,9-10H2. The Hall–Kier alpha value is -2.28. The van der Waals surface area contributed by atoms with Gasteiger partial charge in [-0.25, -0.2) is 5.01 Å². The van der Waals surface area contributed by atoms with Crippen molar-refractivity contribution in [2.75, 3.05) is 13.1 Å². The van der Waals surface area contributed by atoms with E-state index in [1.807, 2.05) is 5.01 Å². The molecule has 0 bridgehead atoms. The second-order valence-electron chi connectivity index (χ2n) is 6.92. The van der Waals surface area contributed by atoms with Gasteiger partial charge in [-0.3, -0.25) is 14.6 Å². The molecule has 2 atom stereocenters. The summed E-state index contributed by atoms with van der Waals surface area (Å²) in [5, 5.41) is 6.99. The van der Waals surface area contributed by atoms with Crippen LogP contribution in [0, 0.1) is 4.91 Å².